The third-order valence-corrected chi connectivity index (χ3v) is 2.27. The first-order valence-corrected chi connectivity index (χ1v) is 4.87. The van der Waals surface area contributed by atoms with E-state index in [0.717, 1.165) is 0 Å². The summed E-state index contributed by atoms with van der Waals surface area (Å²) >= 11 is 0. The molecule has 0 spiro atoms. The summed E-state index contributed by atoms with van der Waals surface area (Å²) in [6, 6.07) is 4.15. The number of nitrogens with one attached hydrogen (secondary N) is 1. The number of esters is 1. The average molecular weight is 225 g/mol. The molecule has 0 radical (unpaired) electrons. The number of phenols is 2. The Hall–Kier alpha value is -1.75. The van der Waals surface area contributed by atoms with Crippen molar-refractivity contribution in [2.45, 2.75) is 13.0 Å². The molecule has 0 aliphatic carbocycles. The van der Waals surface area contributed by atoms with Crippen LogP contribution in [-0.2, 0) is 9.53 Å². The Bertz CT molecular complexity index is 358. The van der Waals surface area contributed by atoms with E-state index in [2.05, 4.69) is 10.1 Å². The highest BCUT2D eigenvalue weighted by atomic mass is 16.5. The van der Waals surface area contributed by atoms with Crippen LogP contribution in [0.25, 0.3) is 0 Å². The molecule has 0 fully saturated rings. The fraction of sp³-hybridized carbons (Fsp3) is 0.364. The van der Waals surface area contributed by atoms with Gasteiger partial charge in [0.25, 0.3) is 0 Å². The molecule has 0 saturated heterocycles. The number of hydrogen-bond donors (Lipinski definition) is 3. The lowest BCUT2D eigenvalue weighted by Gasteiger charge is -2.15. The smallest absolute Gasteiger partial charge is 0.319 e. The number of rotatable bonds is 4. The fourth-order valence-electron chi connectivity index (χ4n) is 1.40. The molecule has 1 unspecified atom stereocenters. The summed E-state index contributed by atoms with van der Waals surface area (Å²) in [5.41, 5.74) is 0.367. The first kappa shape index (κ1) is 12.3. The summed E-state index contributed by atoms with van der Waals surface area (Å²) in [5.74, 6) is -0.420. The van der Waals surface area contributed by atoms with E-state index < -0.39 is 5.97 Å². The van der Waals surface area contributed by atoms with Crippen LogP contribution < -0.4 is 5.32 Å². The Kier molecular flexibility index (Phi) is 4.13. The number of hydrogen-bond acceptors (Lipinski definition) is 5. The van der Waals surface area contributed by atoms with Crippen LogP contribution >= 0.6 is 0 Å². The first-order chi connectivity index (χ1) is 7.56. The van der Waals surface area contributed by atoms with E-state index in [-0.39, 0.29) is 24.1 Å². The number of methoxy groups -OCH3 is 1. The monoisotopic (exact) mass is 225 g/mol. The van der Waals surface area contributed by atoms with Gasteiger partial charge < -0.3 is 20.3 Å². The minimum absolute atomic E-state index is 0.00938. The second kappa shape index (κ2) is 5.37. The van der Waals surface area contributed by atoms with E-state index in [1.54, 1.807) is 13.0 Å². The largest absolute Gasteiger partial charge is 0.507 e. The molecule has 1 rings (SSSR count). The Balaban J connectivity index is 2.73. The molecule has 0 aromatic heterocycles. The van der Waals surface area contributed by atoms with E-state index >= 15 is 0 Å². The predicted molar refractivity (Wildman–Crippen MR) is 58.2 cm³/mol. The van der Waals surface area contributed by atoms with Crippen molar-refractivity contribution in [3.05, 3.63) is 23.8 Å². The first-order valence-electron chi connectivity index (χ1n) is 4.87. The third kappa shape index (κ3) is 2.87. The van der Waals surface area contributed by atoms with E-state index in [1.165, 1.54) is 19.2 Å². The molecule has 16 heavy (non-hydrogen) atoms. The van der Waals surface area contributed by atoms with Crippen molar-refractivity contribution in [3.63, 3.8) is 0 Å². The van der Waals surface area contributed by atoms with Gasteiger partial charge in [0.2, 0.25) is 0 Å². The lowest BCUT2D eigenvalue weighted by molar-refractivity contribution is -0.139. The van der Waals surface area contributed by atoms with Gasteiger partial charge in [0.05, 0.1) is 19.2 Å². The minimum atomic E-state index is -0.401. The standard InChI is InChI=1S/C11H15NO4/c1-7(12-6-10(15)16-2)11-8(13)4-3-5-9(11)14/h3-5,7,12-14H,6H2,1-2H3. The van der Waals surface area contributed by atoms with E-state index in [0.29, 0.717) is 5.56 Å². The Morgan fingerprint density at radius 1 is 1.44 bits per heavy atom. The third-order valence-electron chi connectivity index (χ3n) is 2.27. The van der Waals surface area contributed by atoms with Gasteiger partial charge in [-0.2, -0.15) is 0 Å². The van der Waals surface area contributed by atoms with Crippen molar-refractivity contribution in [1.29, 1.82) is 0 Å². The van der Waals surface area contributed by atoms with Crippen LogP contribution in [0.4, 0.5) is 0 Å². The maximum atomic E-state index is 10.9. The zero-order valence-electron chi connectivity index (χ0n) is 9.23. The van der Waals surface area contributed by atoms with Crippen molar-refractivity contribution in [3.8, 4) is 11.5 Å². The van der Waals surface area contributed by atoms with Crippen LogP contribution in [0.3, 0.4) is 0 Å². The Labute approximate surface area is 93.7 Å². The van der Waals surface area contributed by atoms with Gasteiger partial charge in [0.15, 0.2) is 0 Å². The number of carbonyl (C=O) groups is 1. The molecule has 3 N–H and O–H groups in total. The van der Waals surface area contributed by atoms with E-state index in [4.69, 9.17) is 0 Å². The van der Waals surface area contributed by atoms with Crippen LogP contribution in [0.1, 0.15) is 18.5 Å². The molecular formula is C11H15NO4. The molecule has 88 valence electrons. The predicted octanol–water partition coefficient (Wildman–Crippen LogP) is 0.921. The molecular weight excluding hydrogens is 210 g/mol. The number of benzene rings is 1. The molecule has 5 nitrogen and oxygen atoms in total. The van der Waals surface area contributed by atoms with Gasteiger partial charge in [-0.1, -0.05) is 6.07 Å². The SMILES string of the molecule is COC(=O)CNC(C)c1c(O)cccc1O. The van der Waals surface area contributed by atoms with Crippen molar-refractivity contribution >= 4 is 5.97 Å². The average Bonchev–Trinajstić information content (AvgIpc) is 2.25. The number of ether oxygens (including phenoxy) is 1. The van der Waals surface area contributed by atoms with Crippen molar-refractivity contribution in [2.24, 2.45) is 0 Å². The normalized spacial score (nSPS) is 12.1. The van der Waals surface area contributed by atoms with E-state index in [1.807, 2.05) is 0 Å². The second-order valence-corrected chi connectivity index (χ2v) is 3.39. The minimum Gasteiger partial charge on any atom is -0.507 e. The van der Waals surface area contributed by atoms with Crippen LogP contribution in [-0.4, -0.2) is 29.8 Å². The number of phenolic OH excluding ortho intramolecular Hbond substituents is 2. The molecule has 0 aliphatic heterocycles. The van der Waals surface area contributed by atoms with Gasteiger partial charge >= 0.3 is 5.97 Å². The fourth-order valence-corrected chi connectivity index (χ4v) is 1.40. The van der Waals surface area contributed by atoms with Gasteiger partial charge in [-0.05, 0) is 19.1 Å². The molecule has 1 aromatic rings. The highest BCUT2D eigenvalue weighted by Crippen LogP contribution is 2.31. The van der Waals surface area contributed by atoms with Gasteiger partial charge in [-0.3, -0.25) is 4.79 Å². The van der Waals surface area contributed by atoms with Gasteiger partial charge in [0, 0.05) is 6.04 Å². The summed E-state index contributed by atoms with van der Waals surface area (Å²) in [7, 11) is 1.30. The molecule has 0 saturated carbocycles. The highest BCUT2D eigenvalue weighted by Gasteiger charge is 2.15. The molecule has 1 aromatic carbocycles. The van der Waals surface area contributed by atoms with Gasteiger partial charge in [-0.25, -0.2) is 0 Å². The summed E-state index contributed by atoms with van der Waals surface area (Å²) in [4.78, 5) is 10.9. The van der Waals surface area contributed by atoms with Crippen LogP contribution in [0, 0.1) is 0 Å². The quantitative estimate of drug-likeness (QED) is 0.664. The van der Waals surface area contributed by atoms with Crippen LogP contribution in [0.5, 0.6) is 11.5 Å². The molecule has 1 atom stereocenters. The highest BCUT2D eigenvalue weighted by molar-refractivity contribution is 5.71. The Morgan fingerprint density at radius 2 is 2.00 bits per heavy atom. The van der Waals surface area contributed by atoms with Gasteiger partial charge in [-0.15, -0.1) is 0 Å². The molecule has 0 amide bonds. The van der Waals surface area contributed by atoms with Crippen molar-refractivity contribution in [1.82, 2.24) is 5.32 Å². The summed E-state index contributed by atoms with van der Waals surface area (Å²) < 4.78 is 4.47. The van der Waals surface area contributed by atoms with Crippen molar-refractivity contribution in [2.75, 3.05) is 13.7 Å². The number of carbonyl (C=O) groups excluding carboxylic acids is 1. The van der Waals surface area contributed by atoms with Crippen molar-refractivity contribution < 1.29 is 19.7 Å². The molecule has 0 aliphatic rings. The Morgan fingerprint density at radius 3 is 2.50 bits per heavy atom. The lowest BCUT2D eigenvalue weighted by Crippen LogP contribution is -2.26. The van der Waals surface area contributed by atoms with E-state index in [9.17, 15) is 15.0 Å². The zero-order valence-corrected chi connectivity index (χ0v) is 9.23. The van der Waals surface area contributed by atoms with Crippen LogP contribution in [0.15, 0.2) is 18.2 Å². The lowest BCUT2D eigenvalue weighted by atomic mass is 10.1. The summed E-state index contributed by atoms with van der Waals surface area (Å²) in [5, 5.41) is 22.0. The topological polar surface area (TPSA) is 78.8 Å². The van der Waals surface area contributed by atoms with Crippen LogP contribution in [0.2, 0.25) is 0 Å². The maximum absolute atomic E-state index is 10.9. The second-order valence-electron chi connectivity index (χ2n) is 3.39. The van der Waals surface area contributed by atoms with Gasteiger partial charge in [0.1, 0.15) is 11.5 Å². The molecule has 0 bridgehead atoms. The summed E-state index contributed by atoms with van der Waals surface area (Å²) in [6.45, 7) is 1.75. The number of aromatic hydroxyl groups is 2. The summed E-state index contributed by atoms with van der Waals surface area (Å²) in [6.07, 6.45) is 0. The maximum Gasteiger partial charge on any atom is 0.319 e. The molecule has 5 heteroatoms. The molecule has 0 heterocycles. The zero-order chi connectivity index (χ0) is 12.1.